The van der Waals surface area contributed by atoms with E-state index in [4.69, 9.17) is 9.47 Å². The summed E-state index contributed by atoms with van der Waals surface area (Å²) in [6.45, 7) is 0. The quantitative estimate of drug-likeness (QED) is 0.591. The molecule has 1 aromatic carbocycles. The number of aromatic nitrogens is 2. The molecule has 2 aromatic rings. The van der Waals surface area contributed by atoms with Gasteiger partial charge in [0.15, 0.2) is 0 Å². The highest BCUT2D eigenvalue weighted by atomic mass is 16.6. The molecule has 29 heavy (non-hydrogen) atoms. The van der Waals surface area contributed by atoms with E-state index < -0.39 is 0 Å². The lowest BCUT2D eigenvalue weighted by atomic mass is 9.91. The lowest BCUT2D eigenvalue weighted by molar-refractivity contribution is -0.385. The molecule has 0 bridgehead atoms. The number of methoxy groups -OCH3 is 2. The molecule has 4 rings (SSSR count). The number of hydrazine groups is 1. The van der Waals surface area contributed by atoms with E-state index in [1.807, 2.05) is 18.2 Å². The first kappa shape index (κ1) is 19.0. The Bertz CT molecular complexity index is 988. The van der Waals surface area contributed by atoms with Gasteiger partial charge in [-0.3, -0.25) is 14.8 Å². The minimum absolute atomic E-state index is 0.0306. The molecule has 2 heterocycles. The predicted octanol–water partition coefficient (Wildman–Crippen LogP) is 2.87. The van der Waals surface area contributed by atoms with Gasteiger partial charge in [0.05, 0.1) is 25.2 Å². The molecule has 1 fully saturated rings. The molecule has 1 aromatic heterocycles. The number of nitro groups is 1. The number of hydrogen-bond acceptors (Lipinski definition) is 7. The fourth-order valence-electron chi connectivity index (χ4n) is 4.01. The first-order valence-electron chi connectivity index (χ1n) is 9.35. The van der Waals surface area contributed by atoms with Crippen LogP contribution < -0.4 is 20.3 Å². The third kappa shape index (κ3) is 3.44. The average Bonchev–Trinajstić information content (AvgIpc) is 3.22. The third-order valence-corrected chi connectivity index (χ3v) is 5.47. The van der Waals surface area contributed by atoms with Crippen LogP contribution in [0.3, 0.4) is 0 Å². The molecule has 9 nitrogen and oxygen atoms in total. The zero-order valence-electron chi connectivity index (χ0n) is 16.5. The van der Waals surface area contributed by atoms with Crippen LogP contribution >= 0.6 is 0 Å². The first-order valence-corrected chi connectivity index (χ1v) is 9.35. The van der Waals surface area contributed by atoms with Crippen molar-refractivity contribution in [3.05, 3.63) is 63.6 Å². The van der Waals surface area contributed by atoms with Crippen molar-refractivity contribution < 1.29 is 14.4 Å². The molecule has 1 aliphatic heterocycles. The van der Waals surface area contributed by atoms with Crippen molar-refractivity contribution in [3.63, 3.8) is 0 Å². The third-order valence-electron chi connectivity index (χ3n) is 5.47. The molecule has 0 saturated carbocycles. The Hall–Kier alpha value is -3.33. The van der Waals surface area contributed by atoms with E-state index in [0.29, 0.717) is 5.69 Å². The second-order valence-electron chi connectivity index (χ2n) is 7.09. The van der Waals surface area contributed by atoms with E-state index in [2.05, 4.69) is 28.1 Å². The maximum Gasteiger partial charge on any atom is 0.311 e. The molecule has 0 spiro atoms. The normalized spacial score (nSPS) is 20.8. The molecular weight excluding hydrogens is 374 g/mol. The summed E-state index contributed by atoms with van der Waals surface area (Å²) in [6, 6.07) is 5.54. The van der Waals surface area contributed by atoms with Crippen molar-refractivity contribution in [2.75, 3.05) is 14.2 Å². The van der Waals surface area contributed by atoms with Crippen molar-refractivity contribution in [3.8, 4) is 11.5 Å². The van der Waals surface area contributed by atoms with Crippen LogP contribution in [0.15, 0.2) is 42.2 Å². The number of nitrogens with one attached hydrogen (secondary N) is 2. The molecular formula is C20H23N5O4. The minimum Gasteiger partial charge on any atom is -0.497 e. The monoisotopic (exact) mass is 397 g/mol. The van der Waals surface area contributed by atoms with E-state index in [0.717, 1.165) is 41.2 Å². The topological polar surface area (TPSA) is 103 Å². The van der Waals surface area contributed by atoms with Crippen LogP contribution in [0.5, 0.6) is 11.5 Å². The van der Waals surface area contributed by atoms with E-state index >= 15 is 0 Å². The van der Waals surface area contributed by atoms with Crippen molar-refractivity contribution >= 4 is 11.3 Å². The van der Waals surface area contributed by atoms with Gasteiger partial charge < -0.3 is 14.9 Å². The Morgan fingerprint density at radius 2 is 1.97 bits per heavy atom. The van der Waals surface area contributed by atoms with Crippen LogP contribution in [0.4, 0.5) is 5.69 Å². The molecule has 2 atom stereocenters. The standard InChI is InChI=1S/C20H23N5O4/c1-24-20(18(11-21-24)25(26)27)19-16-6-4-5-12(9-17(16)22-23-19)13-7-14(28-2)10-15(8-13)29-3/h5,7-11,16,19,22-23H,4,6H2,1-3H3. The van der Waals surface area contributed by atoms with E-state index in [1.165, 1.54) is 6.20 Å². The number of nitrogens with zero attached hydrogens (tertiary/aromatic N) is 3. The molecule has 2 N–H and O–H groups in total. The number of allylic oxidation sites excluding steroid dienone is 3. The van der Waals surface area contributed by atoms with Crippen molar-refractivity contribution in [1.82, 2.24) is 20.6 Å². The van der Waals surface area contributed by atoms with Crippen LogP contribution in [0.2, 0.25) is 0 Å². The number of ether oxygens (including phenoxy) is 2. The molecule has 152 valence electrons. The lowest BCUT2D eigenvalue weighted by Crippen LogP contribution is -2.27. The second kappa shape index (κ2) is 7.59. The summed E-state index contributed by atoms with van der Waals surface area (Å²) >= 11 is 0. The van der Waals surface area contributed by atoms with Crippen molar-refractivity contribution in [2.45, 2.75) is 18.9 Å². The largest absolute Gasteiger partial charge is 0.497 e. The van der Waals surface area contributed by atoms with Gasteiger partial charge in [0, 0.05) is 24.7 Å². The van der Waals surface area contributed by atoms with Crippen LogP contribution in [0, 0.1) is 16.0 Å². The van der Waals surface area contributed by atoms with Crippen molar-refractivity contribution in [1.29, 1.82) is 0 Å². The van der Waals surface area contributed by atoms with E-state index in [-0.39, 0.29) is 22.6 Å². The Kier molecular flexibility index (Phi) is 4.98. The average molecular weight is 397 g/mol. The van der Waals surface area contributed by atoms with Crippen LogP contribution in [-0.4, -0.2) is 28.9 Å². The number of hydrogen-bond donors (Lipinski definition) is 2. The highest BCUT2D eigenvalue weighted by Gasteiger charge is 2.39. The van der Waals surface area contributed by atoms with Crippen LogP contribution in [-0.2, 0) is 7.05 Å². The van der Waals surface area contributed by atoms with Crippen molar-refractivity contribution in [2.24, 2.45) is 13.0 Å². The summed E-state index contributed by atoms with van der Waals surface area (Å²) in [5.41, 5.74) is 10.1. The maximum atomic E-state index is 11.4. The highest BCUT2D eigenvalue weighted by molar-refractivity contribution is 5.77. The summed E-state index contributed by atoms with van der Waals surface area (Å²) in [7, 11) is 4.99. The predicted molar refractivity (Wildman–Crippen MR) is 107 cm³/mol. The smallest absolute Gasteiger partial charge is 0.311 e. The van der Waals surface area contributed by atoms with Gasteiger partial charge in [-0.05, 0) is 42.2 Å². The van der Waals surface area contributed by atoms with E-state index in [1.54, 1.807) is 25.9 Å². The van der Waals surface area contributed by atoms with Crippen LogP contribution in [0.1, 0.15) is 30.1 Å². The van der Waals surface area contributed by atoms with Gasteiger partial charge in [-0.2, -0.15) is 5.10 Å². The molecule has 1 aliphatic carbocycles. The Labute approximate surface area is 168 Å². The molecule has 9 heteroatoms. The van der Waals surface area contributed by atoms with Gasteiger partial charge >= 0.3 is 5.69 Å². The second-order valence-corrected chi connectivity index (χ2v) is 7.09. The maximum absolute atomic E-state index is 11.4. The summed E-state index contributed by atoms with van der Waals surface area (Å²) in [5.74, 6) is 1.52. The molecule has 0 radical (unpaired) electrons. The summed E-state index contributed by atoms with van der Waals surface area (Å²) in [5, 5.41) is 15.5. The minimum atomic E-state index is -0.380. The highest BCUT2D eigenvalue weighted by Crippen LogP contribution is 2.41. The summed E-state index contributed by atoms with van der Waals surface area (Å²) < 4.78 is 12.4. The molecule has 2 aliphatic rings. The first-order chi connectivity index (χ1) is 14.0. The van der Waals surface area contributed by atoms with Gasteiger partial charge in [-0.1, -0.05) is 6.08 Å². The zero-order valence-corrected chi connectivity index (χ0v) is 16.5. The SMILES string of the molecule is COc1cc(OC)cc(C2=CCCC3C(=C2)NNC3c2c([N+](=O)[O-])cnn2C)c1. The Morgan fingerprint density at radius 1 is 1.24 bits per heavy atom. The Balaban J connectivity index is 1.68. The van der Waals surface area contributed by atoms with Crippen LogP contribution in [0.25, 0.3) is 5.57 Å². The van der Waals surface area contributed by atoms with Gasteiger partial charge in [0.2, 0.25) is 0 Å². The number of fused-ring (bicyclic) bond motifs is 1. The van der Waals surface area contributed by atoms with Gasteiger partial charge in [0.1, 0.15) is 23.4 Å². The number of aryl methyl sites for hydroxylation is 1. The van der Waals surface area contributed by atoms with Gasteiger partial charge in [0.25, 0.3) is 0 Å². The fraction of sp³-hybridized carbons (Fsp3) is 0.350. The zero-order chi connectivity index (χ0) is 20.5. The summed E-state index contributed by atoms with van der Waals surface area (Å²) in [6.07, 6.45) is 7.26. The van der Waals surface area contributed by atoms with Gasteiger partial charge in [-0.25, -0.2) is 5.43 Å². The molecule has 1 saturated heterocycles. The summed E-state index contributed by atoms with van der Waals surface area (Å²) in [4.78, 5) is 11.1. The van der Waals surface area contributed by atoms with Gasteiger partial charge in [-0.15, -0.1) is 0 Å². The molecule has 0 amide bonds. The molecule has 2 unspecified atom stereocenters. The fourth-order valence-corrected chi connectivity index (χ4v) is 4.01. The Morgan fingerprint density at radius 3 is 2.62 bits per heavy atom. The lowest BCUT2D eigenvalue weighted by Gasteiger charge is -2.17. The number of rotatable bonds is 5. The number of benzene rings is 1. The van der Waals surface area contributed by atoms with E-state index in [9.17, 15) is 10.1 Å².